The van der Waals surface area contributed by atoms with Crippen molar-refractivity contribution in [3.8, 4) is 0 Å². The van der Waals surface area contributed by atoms with Gasteiger partial charge in [0.25, 0.3) is 0 Å². The Hall–Kier alpha value is -3.36. The van der Waals surface area contributed by atoms with Crippen LogP contribution < -0.4 is 10.9 Å². The van der Waals surface area contributed by atoms with Crippen LogP contribution in [0.3, 0.4) is 0 Å². The third-order valence-electron chi connectivity index (χ3n) is 5.44. The minimum absolute atomic E-state index is 0.0427. The zero-order chi connectivity index (χ0) is 23.5. The van der Waals surface area contributed by atoms with Crippen LogP contribution in [0.2, 0.25) is 0 Å². The lowest BCUT2D eigenvalue weighted by atomic mass is 10.0. The van der Waals surface area contributed by atoms with E-state index in [9.17, 15) is 19.2 Å². The molecule has 0 aliphatic heterocycles. The number of rotatable bonds is 8. The van der Waals surface area contributed by atoms with Gasteiger partial charge in [-0.25, -0.2) is 9.59 Å². The highest BCUT2D eigenvalue weighted by Gasteiger charge is 2.10. The van der Waals surface area contributed by atoms with Crippen molar-refractivity contribution in [2.24, 2.45) is 0 Å². The fraction of sp³-hybridized carbons (Fsp3) is 0.200. The lowest BCUT2D eigenvalue weighted by molar-refractivity contribution is 0.0691. The first-order valence-electron chi connectivity index (χ1n) is 10.4. The van der Waals surface area contributed by atoms with E-state index in [1.165, 1.54) is 12.1 Å². The van der Waals surface area contributed by atoms with Crippen LogP contribution in [0, 0.1) is 0 Å². The number of aryl methyl sites for hydroxylation is 2. The Labute approximate surface area is 196 Å². The fourth-order valence-corrected chi connectivity index (χ4v) is 5.56. The standard InChI is InChI=1S/C25H20O6S2/c26-18-12-22(24(28)29)32-20-8-6-14(10-16(18)20)4-2-1-3-5-15-7-9-21-17(11-15)19(27)13-23(33-21)25(30)31/h6-13H,1-5H2,(H,28,29)(H,30,31). The second-order valence-corrected chi connectivity index (χ2v) is 9.95. The zero-order valence-electron chi connectivity index (χ0n) is 17.5. The average molecular weight is 481 g/mol. The Kier molecular flexibility index (Phi) is 6.67. The van der Waals surface area contributed by atoms with E-state index in [1.807, 2.05) is 36.4 Å². The Morgan fingerprint density at radius 2 is 1.06 bits per heavy atom. The van der Waals surface area contributed by atoms with Crippen LogP contribution in [0.4, 0.5) is 0 Å². The molecule has 0 aliphatic carbocycles. The summed E-state index contributed by atoms with van der Waals surface area (Å²) in [5, 5.41) is 19.3. The molecule has 0 bridgehead atoms. The van der Waals surface area contributed by atoms with E-state index in [0.717, 1.165) is 65.9 Å². The number of unbranched alkanes of at least 4 members (excludes halogenated alkanes) is 2. The second-order valence-electron chi connectivity index (χ2n) is 7.78. The highest BCUT2D eigenvalue weighted by Crippen LogP contribution is 2.23. The quantitative estimate of drug-likeness (QED) is 0.336. The monoisotopic (exact) mass is 480 g/mol. The molecular formula is C25H20O6S2. The molecule has 168 valence electrons. The van der Waals surface area contributed by atoms with E-state index < -0.39 is 11.9 Å². The van der Waals surface area contributed by atoms with E-state index in [2.05, 4.69) is 0 Å². The lowest BCUT2D eigenvalue weighted by Gasteiger charge is -2.06. The van der Waals surface area contributed by atoms with Crippen LogP contribution in [0.25, 0.3) is 20.2 Å². The number of carboxylic acid groups (broad SMARTS) is 2. The van der Waals surface area contributed by atoms with Crippen LogP contribution in [-0.2, 0) is 12.8 Å². The smallest absolute Gasteiger partial charge is 0.346 e. The third kappa shape index (κ3) is 5.18. The molecule has 2 N–H and O–H groups in total. The molecule has 0 unspecified atom stereocenters. The number of benzene rings is 2. The first kappa shape index (κ1) is 22.8. The third-order valence-corrected chi connectivity index (χ3v) is 7.61. The highest BCUT2D eigenvalue weighted by atomic mass is 32.1. The van der Waals surface area contributed by atoms with Crippen molar-refractivity contribution in [3.63, 3.8) is 0 Å². The molecule has 4 rings (SSSR count). The molecule has 2 heterocycles. The molecular weight excluding hydrogens is 460 g/mol. The molecule has 0 saturated carbocycles. The SMILES string of the molecule is O=C(O)c1cc(=O)c2cc(CCCCCc3ccc4sc(C(=O)O)cc(=O)c4c3)ccc2s1. The Morgan fingerprint density at radius 3 is 1.45 bits per heavy atom. The van der Waals surface area contributed by atoms with E-state index in [0.29, 0.717) is 20.2 Å². The number of aromatic carboxylic acids is 2. The van der Waals surface area contributed by atoms with Gasteiger partial charge in [0.15, 0.2) is 10.9 Å². The topological polar surface area (TPSA) is 109 Å². The van der Waals surface area contributed by atoms with Gasteiger partial charge in [0, 0.05) is 32.3 Å². The summed E-state index contributed by atoms with van der Waals surface area (Å²) in [6.45, 7) is 0. The number of carbonyl (C=O) groups is 2. The van der Waals surface area contributed by atoms with Gasteiger partial charge in [-0.3, -0.25) is 9.59 Å². The summed E-state index contributed by atoms with van der Waals surface area (Å²) in [7, 11) is 0. The first-order chi connectivity index (χ1) is 15.8. The Morgan fingerprint density at radius 1 is 0.636 bits per heavy atom. The van der Waals surface area contributed by atoms with Crippen LogP contribution in [-0.4, -0.2) is 22.2 Å². The van der Waals surface area contributed by atoms with Gasteiger partial charge in [-0.15, -0.1) is 22.7 Å². The predicted molar refractivity (Wildman–Crippen MR) is 131 cm³/mol. The van der Waals surface area contributed by atoms with Gasteiger partial charge in [-0.1, -0.05) is 18.6 Å². The number of fused-ring (bicyclic) bond motifs is 2. The molecule has 8 heteroatoms. The summed E-state index contributed by atoms with van der Waals surface area (Å²) in [5.41, 5.74) is 1.56. The molecule has 0 fully saturated rings. The molecule has 2 aromatic heterocycles. The molecule has 0 spiro atoms. The number of carboxylic acids is 2. The summed E-state index contributed by atoms with van der Waals surface area (Å²) in [4.78, 5) is 46.8. The Balaban J connectivity index is 1.35. The van der Waals surface area contributed by atoms with Crippen molar-refractivity contribution in [2.75, 3.05) is 0 Å². The van der Waals surface area contributed by atoms with Crippen molar-refractivity contribution < 1.29 is 19.8 Å². The largest absolute Gasteiger partial charge is 0.477 e. The van der Waals surface area contributed by atoms with Gasteiger partial charge in [0.1, 0.15) is 9.75 Å². The predicted octanol–water partition coefficient (Wildman–Crippen LogP) is 5.19. The number of hydrogen-bond donors (Lipinski definition) is 2. The van der Waals surface area contributed by atoms with Gasteiger partial charge >= 0.3 is 11.9 Å². The fourth-order valence-electron chi connectivity index (χ4n) is 3.76. The zero-order valence-corrected chi connectivity index (χ0v) is 19.1. The lowest BCUT2D eigenvalue weighted by Crippen LogP contribution is -2.05. The van der Waals surface area contributed by atoms with Crippen molar-refractivity contribution in [3.05, 3.63) is 89.9 Å². The maximum atomic E-state index is 12.3. The van der Waals surface area contributed by atoms with Crippen molar-refractivity contribution >= 4 is 54.8 Å². The summed E-state index contributed by atoms with van der Waals surface area (Å²) in [6.07, 6.45) is 4.51. The van der Waals surface area contributed by atoms with Gasteiger partial charge in [0.05, 0.1) is 0 Å². The summed E-state index contributed by atoms with van der Waals surface area (Å²) < 4.78 is 1.35. The van der Waals surface area contributed by atoms with E-state index >= 15 is 0 Å². The van der Waals surface area contributed by atoms with E-state index in [-0.39, 0.29) is 20.6 Å². The van der Waals surface area contributed by atoms with Gasteiger partial charge in [-0.05, 0) is 61.1 Å². The average Bonchev–Trinajstić information content (AvgIpc) is 2.79. The molecule has 0 aliphatic rings. The normalized spacial score (nSPS) is 11.2. The highest BCUT2D eigenvalue weighted by molar-refractivity contribution is 7.20. The molecule has 2 aromatic carbocycles. The minimum atomic E-state index is -1.09. The second kappa shape index (κ2) is 9.64. The van der Waals surface area contributed by atoms with Gasteiger partial charge in [-0.2, -0.15) is 0 Å². The molecule has 0 radical (unpaired) electrons. The van der Waals surface area contributed by atoms with Crippen LogP contribution in [0.15, 0.2) is 58.1 Å². The van der Waals surface area contributed by atoms with Crippen molar-refractivity contribution in [1.29, 1.82) is 0 Å². The molecule has 4 aromatic rings. The molecule has 6 nitrogen and oxygen atoms in total. The molecule has 33 heavy (non-hydrogen) atoms. The summed E-state index contributed by atoms with van der Waals surface area (Å²) in [5.74, 6) is -2.18. The molecule has 0 saturated heterocycles. The summed E-state index contributed by atoms with van der Waals surface area (Å²) >= 11 is 2.20. The van der Waals surface area contributed by atoms with Crippen molar-refractivity contribution in [2.45, 2.75) is 32.1 Å². The summed E-state index contributed by atoms with van der Waals surface area (Å²) in [6, 6.07) is 13.6. The van der Waals surface area contributed by atoms with E-state index in [1.54, 1.807) is 0 Å². The van der Waals surface area contributed by atoms with Gasteiger partial charge < -0.3 is 10.2 Å². The maximum Gasteiger partial charge on any atom is 0.346 e. The minimum Gasteiger partial charge on any atom is -0.477 e. The van der Waals surface area contributed by atoms with Gasteiger partial charge in [0.2, 0.25) is 0 Å². The van der Waals surface area contributed by atoms with E-state index in [4.69, 9.17) is 10.2 Å². The first-order valence-corrected chi connectivity index (χ1v) is 12.1. The Bertz CT molecular complexity index is 1390. The molecule has 0 amide bonds. The van der Waals surface area contributed by atoms with Crippen LogP contribution in [0.1, 0.15) is 49.7 Å². The molecule has 0 atom stereocenters. The van der Waals surface area contributed by atoms with Crippen LogP contribution in [0.5, 0.6) is 0 Å². The van der Waals surface area contributed by atoms with Crippen LogP contribution >= 0.6 is 22.7 Å². The van der Waals surface area contributed by atoms with Crippen molar-refractivity contribution in [1.82, 2.24) is 0 Å². The number of hydrogen-bond acceptors (Lipinski definition) is 6. The maximum absolute atomic E-state index is 12.3.